The maximum Gasteiger partial charge on any atom is 0.124 e. The summed E-state index contributed by atoms with van der Waals surface area (Å²) in [6.45, 7) is 1.42. The summed E-state index contributed by atoms with van der Waals surface area (Å²) in [7, 11) is 0. The average molecular weight is 203 g/mol. The van der Waals surface area contributed by atoms with Gasteiger partial charge in [0.15, 0.2) is 0 Å². The first kappa shape index (κ1) is 9.65. The maximum absolute atomic E-state index is 12.6. The second-order valence-corrected chi connectivity index (χ2v) is 3.24. The van der Waals surface area contributed by atoms with Crippen molar-refractivity contribution in [2.24, 2.45) is 0 Å². The Morgan fingerprint density at radius 1 is 1.27 bits per heavy atom. The summed E-state index contributed by atoms with van der Waals surface area (Å²) in [5, 5.41) is 3.81. The third kappa shape index (κ3) is 2.31. The standard InChI is InChI=1S/C12H10FNO/c1-9(13)8-10-2-4-11(5-3-10)12-6-7-15-14-12/h2-8H,1H3/b9-8-. The van der Waals surface area contributed by atoms with Crippen LogP contribution < -0.4 is 0 Å². The Kier molecular flexibility index (Phi) is 2.63. The largest absolute Gasteiger partial charge is 0.364 e. The highest BCUT2D eigenvalue weighted by molar-refractivity contribution is 5.62. The summed E-state index contributed by atoms with van der Waals surface area (Å²) in [6, 6.07) is 9.23. The zero-order valence-corrected chi connectivity index (χ0v) is 8.27. The van der Waals surface area contributed by atoms with Crippen LogP contribution in [0.2, 0.25) is 0 Å². The van der Waals surface area contributed by atoms with Gasteiger partial charge in [0, 0.05) is 11.6 Å². The van der Waals surface area contributed by atoms with Crippen molar-refractivity contribution in [1.82, 2.24) is 5.16 Å². The molecule has 1 heterocycles. The van der Waals surface area contributed by atoms with E-state index in [1.807, 2.05) is 24.3 Å². The molecule has 0 unspecified atom stereocenters. The van der Waals surface area contributed by atoms with Crippen LogP contribution >= 0.6 is 0 Å². The van der Waals surface area contributed by atoms with Crippen LogP contribution in [-0.2, 0) is 0 Å². The third-order valence-electron chi connectivity index (χ3n) is 2.01. The quantitative estimate of drug-likeness (QED) is 0.744. The van der Waals surface area contributed by atoms with E-state index < -0.39 is 0 Å². The predicted molar refractivity (Wildman–Crippen MR) is 56.7 cm³/mol. The van der Waals surface area contributed by atoms with Crippen LogP contribution in [0.3, 0.4) is 0 Å². The van der Waals surface area contributed by atoms with Gasteiger partial charge in [0.25, 0.3) is 0 Å². The van der Waals surface area contributed by atoms with E-state index in [2.05, 4.69) is 5.16 Å². The molecule has 0 aliphatic heterocycles. The number of nitrogens with zero attached hydrogens (tertiary/aromatic N) is 1. The molecule has 15 heavy (non-hydrogen) atoms. The molecule has 0 atom stereocenters. The highest BCUT2D eigenvalue weighted by Gasteiger charge is 1.99. The molecule has 0 aliphatic carbocycles. The molecule has 0 fully saturated rings. The Balaban J connectivity index is 2.29. The van der Waals surface area contributed by atoms with Crippen molar-refractivity contribution in [2.45, 2.75) is 6.92 Å². The van der Waals surface area contributed by atoms with Crippen LogP contribution in [0.1, 0.15) is 12.5 Å². The third-order valence-corrected chi connectivity index (χ3v) is 2.01. The summed E-state index contributed by atoms with van der Waals surface area (Å²) >= 11 is 0. The lowest BCUT2D eigenvalue weighted by Gasteiger charge is -1.97. The van der Waals surface area contributed by atoms with E-state index >= 15 is 0 Å². The van der Waals surface area contributed by atoms with E-state index in [0.29, 0.717) is 0 Å². The number of rotatable bonds is 2. The zero-order valence-electron chi connectivity index (χ0n) is 8.27. The van der Waals surface area contributed by atoms with E-state index in [1.54, 1.807) is 6.07 Å². The highest BCUT2D eigenvalue weighted by atomic mass is 19.1. The van der Waals surface area contributed by atoms with Crippen LogP contribution in [0.5, 0.6) is 0 Å². The number of aromatic nitrogens is 1. The van der Waals surface area contributed by atoms with Gasteiger partial charge in [-0.3, -0.25) is 0 Å². The minimum Gasteiger partial charge on any atom is -0.364 e. The monoisotopic (exact) mass is 203 g/mol. The average Bonchev–Trinajstić information content (AvgIpc) is 2.71. The van der Waals surface area contributed by atoms with Gasteiger partial charge in [-0.2, -0.15) is 0 Å². The second-order valence-electron chi connectivity index (χ2n) is 3.24. The molecular formula is C12H10FNO. The lowest BCUT2D eigenvalue weighted by Crippen LogP contribution is -1.78. The number of halogens is 1. The van der Waals surface area contributed by atoms with Crippen molar-refractivity contribution < 1.29 is 8.91 Å². The van der Waals surface area contributed by atoms with E-state index in [4.69, 9.17) is 4.52 Å². The van der Waals surface area contributed by atoms with Gasteiger partial charge in [-0.25, -0.2) is 4.39 Å². The highest BCUT2D eigenvalue weighted by Crippen LogP contribution is 2.18. The van der Waals surface area contributed by atoms with Gasteiger partial charge in [0.05, 0.1) is 5.83 Å². The maximum atomic E-state index is 12.6. The van der Waals surface area contributed by atoms with Crippen molar-refractivity contribution in [1.29, 1.82) is 0 Å². The summed E-state index contributed by atoms with van der Waals surface area (Å²) in [6.07, 6.45) is 3.00. The summed E-state index contributed by atoms with van der Waals surface area (Å²) < 4.78 is 17.3. The molecule has 1 aromatic heterocycles. The molecule has 0 bridgehead atoms. The Hall–Kier alpha value is -1.90. The van der Waals surface area contributed by atoms with Gasteiger partial charge in [0.2, 0.25) is 0 Å². The molecule has 0 radical (unpaired) electrons. The molecule has 0 spiro atoms. The molecule has 0 saturated carbocycles. The lowest BCUT2D eigenvalue weighted by molar-refractivity contribution is 0.422. The van der Waals surface area contributed by atoms with Crippen molar-refractivity contribution >= 4 is 6.08 Å². The van der Waals surface area contributed by atoms with E-state index in [-0.39, 0.29) is 5.83 Å². The molecule has 76 valence electrons. The van der Waals surface area contributed by atoms with E-state index in [1.165, 1.54) is 19.3 Å². The molecule has 2 nitrogen and oxygen atoms in total. The minimum absolute atomic E-state index is 0.204. The number of allylic oxidation sites excluding steroid dienone is 1. The Bertz CT molecular complexity index is 453. The second kappa shape index (κ2) is 4.09. The smallest absolute Gasteiger partial charge is 0.124 e. The molecule has 1 aromatic carbocycles. The minimum atomic E-state index is -0.204. The fraction of sp³-hybridized carbons (Fsp3) is 0.0833. The molecule has 3 heteroatoms. The molecule has 0 N–H and O–H groups in total. The summed E-state index contributed by atoms with van der Waals surface area (Å²) in [5.74, 6) is -0.204. The van der Waals surface area contributed by atoms with E-state index in [0.717, 1.165) is 16.8 Å². The topological polar surface area (TPSA) is 26.0 Å². The van der Waals surface area contributed by atoms with Gasteiger partial charge < -0.3 is 4.52 Å². The van der Waals surface area contributed by atoms with Crippen LogP contribution in [0.15, 0.2) is 46.9 Å². The summed E-state index contributed by atoms with van der Waals surface area (Å²) in [5.41, 5.74) is 2.57. The van der Waals surface area contributed by atoms with Gasteiger partial charge in [-0.1, -0.05) is 29.4 Å². The fourth-order valence-corrected chi connectivity index (χ4v) is 1.34. The van der Waals surface area contributed by atoms with Gasteiger partial charge >= 0.3 is 0 Å². The first-order valence-electron chi connectivity index (χ1n) is 4.60. The molecule has 2 aromatic rings. The Morgan fingerprint density at radius 3 is 2.53 bits per heavy atom. The first-order valence-corrected chi connectivity index (χ1v) is 4.60. The van der Waals surface area contributed by atoms with Gasteiger partial charge in [0.1, 0.15) is 12.0 Å². The van der Waals surface area contributed by atoms with Crippen LogP contribution in [0.4, 0.5) is 4.39 Å². The van der Waals surface area contributed by atoms with E-state index in [9.17, 15) is 4.39 Å². The van der Waals surface area contributed by atoms with Crippen molar-refractivity contribution in [2.75, 3.05) is 0 Å². The molecular weight excluding hydrogens is 193 g/mol. The normalized spacial score (nSPS) is 11.7. The Morgan fingerprint density at radius 2 is 2.00 bits per heavy atom. The summed E-state index contributed by atoms with van der Waals surface area (Å²) in [4.78, 5) is 0. The molecule has 0 amide bonds. The molecule has 0 aliphatic rings. The number of hydrogen-bond acceptors (Lipinski definition) is 2. The van der Waals surface area contributed by atoms with Gasteiger partial charge in [-0.05, 0) is 18.6 Å². The molecule has 2 rings (SSSR count). The van der Waals surface area contributed by atoms with Crippen LogP contribution in [0.25, 0.3) is 17.3 Å². The lowest BCUT2D eigenvalue weighted by atomic mass is 10.1. The zero-order chi connectivity index (χ0) is 10.7. The molecule has 0 saturated heterocycles. The van der Waals surface area contributed by atoms with Gasteiger partial charge in [-0.15, -0.1) is 0 Å². The SMILES string of the molecule is C/C(F)=C/c1ccc(-c2ccon2)cc1. The Labute approximate surface area is 87.0 Å². The van der Waals surface area contributed by atoms with Crippen LogP contribution in [0, 0.1) is 0 Å². The van der Waals surface area contributed by atoms with Crippen LogP contribution in [-0.4, -0.2) is 5.16 Å². The van der Waals surface area contributed by atoms with Crippen molar-refractivity contribution in [3.63, 3.8) is 0 Å². The number of benzene rings is 1. The van der Waals surface area contributed by atoms with Crippen molar-refractivity contribution in [3.8, 4) is 11.3 Å². The number of hydrogen-bond donors (Lipinski definition) is 0. The predicted octanol–water partition coefficient (Wildman–Crippen LogP) is 3.67. The fourth-order valence-electron chi connectivity index (χ4n) is 1.34. The van der Waals surface area contributed by atoms with Crippen molar-refractivity contribution in [3.05, 3.63) is 48.0 Å². The first-order chi connectivity index (χ1) is 7.25.